The Balaban J connectivity index is 1.39. The molecule has 4 heteroatoms. The molecular weight excluding hydrogens is 272 g/mol. The van der Waals surface area contributed by atoms with Gasteiger partial charge in [0.25, 0.3) is 0 Å². The maximum atomic E-state index is 4.09. The van der Waals surface area contributed by atoms with Gasteiger partial charge in [0.1, 0.15) is 0 Å². The van der Waals surface area contributed by atoms with E-state index in [9.17, 15) is 0 Å². The number of hydrogen-bond donors (Lipinski definition) is 0. The van der Waals surface area contributed by atoms with E-state index in [1.54, 1.807) is 0 Å². The number of hydrogen-bond acceptors (Lipinski definition) is 3. The summed E-state index contributed by atoms with van der Waals surface area (Å²) in [7, 11) is 2.27. The summed E-state index contributed by atoms with van der Waals surface area (Å²) in [4.78, 5) is 9.20. The molecule has 0 N–H and O–H groups in total. The Hall–Kier alpha value is -1.65. The van der Waals surface area contributed by atoms with E-state index in [-0.39, 0.29) is 0 Å². The van der Waals surface area contributed by atoms with Crippen LogP contribution >= 0.6 is 0 Å². The van der Waals surface area contributed by atoms with Gasteiger partial charge in [-0.2, -0.15) is 0 Å². The molecule has 1 saturated heterocycles. The summed E-state index contributed by atoms with van der Waals surface area (Å²) in [5.41, 5.74) is 1.42. The molecule has 4 nitrogen and oxygen atoms in total. The van der Waals surface area contributed by atoms with Crippen LogP contribution in [-0.4, -0.2) is 52.1 Å². The minimum absolute atomic E-state index is 0.700. The van der Waals surface area contributed by atoms with Crippen molar-refractivity contribution >= 4 is 0 Å². The molecule has 0 saturated carbocycles. The summed E-state index contributed by atoms with van der Waals surface area (Å²) >= 11 is 0. The van der Waals surface area contributed by atoms with Crippen LogP contribution < -0.4 is 0 Å². The zero-order valence-corrected chi connectivity index (χ0v) is 13.4. The first-order chi connectivity index (χ1) is 10.8. The van der Waals surface area contributed by atoms with Crippen LogP contribution in [0.2, 0.25) is 0 Å². The molecule has 0 radical (unpaired) electrons. The van der Waals surface area contributed by atoms with Gasteiger partial charge in [-0.05, 0) is 32.0 Å². The molecule has 0 spiro atoms. The van der Waals surface area contributed by atoms with Gasteiger partial charge < -0.3 is 9.47 Å². The van der Waals surface area contributed by atoms with E-state index in [0.717, 1.165) is 19.6 Å². The molecule has 2 heterocycles. The van der Waals surface area contributed by atoms with Gasteiger partial charge in [-0.3, -0.25) is 4.90 Å². The van der Waals surface area contributed by atoms with E-state index < -0.39 is 0 Å². The third-order valence-corrected chi connectivity index (χ3v) is 4.61. The van der Waals surface area contributed by atoms with Crippen molar-refractivity contribution in [3.05, 3.63) is 54.6 Å². The molecule has 3 rings (SSSR count). The quantitative estimate of drug-likeness (QED) is 0.785. The molecule has 0 amide bonds. The first-order valence-electron chi connectivity index (χ1n) is 8.23. The SMILES string of the molecule is CN(CCCn1ccnc1)C1CCN(Cc2ccccc2)C1. The maximum Gasteiger partial charge on any atom is 0.0945 e. The molecule has 1 fully saturated rings. The average molecular weight is 298 g/mol. The lowest BCUT2D eigenvalue weighted by molar-refractivity contribution is 0.224. The summed E-state index contributed by atoms with van der Waals surface area (Å²) in [5.74, 6) is 0. The van der Waals surface area contributed by atoms with Crippen LogP contribution in [0, 0.1) is 0 Å². The first-order valence-corrected chi connectivity index (χ1v) is 8.23. The summed E-state index contributed by atoms with van der Waals surface area (Å²) in [6.45, 7) is 5.70. The largest absolute Gasteiger partial charge is 0.337 e. The van der Waals surface area contributed by atoms with Gasteiger partial charge in [0.05, 0.1) is 6.33 Å². The Bertz CT molecular complexity index is 537. The summed E-state index contributed by atoms with van der Waals surface area (Å²) in [5, 5.41) is 0. The maximum absolute atomic E-state index is 4.09. The van der Waals surface area contributed by atoms with Crippen molar-refractivity contribution in [2.75, 3.05) is 26.7 Å². The van der Waals surface area contributed by atoms with Crippen molar-refractivity contribution in [3.63, 3.8) is 0 Å². The van der Waals surface area contributed by atoms with E-state index in [0.29, 0.717) is 6.04 Å². The van der Waals surface area contributed by atoms with E-state index >= 15 is 0 Å². The predicted octanol–water partition coefficient (Wildman–Crippen LogP) is 2.48. The number of benzene rings is 1. The van der Waals surface area contributed by atoms with Gasteiger partial charge in [0.15, 0.2) is 0 Å². The average Bonchev–Trinajstić information content (AvgIpc) is 3.20. The molecule has 1 atom stereocenters. The minimum Gasteiger partial charge on any atom is -0.337 e. The van der Waals surface area contributed by atoms with E-state index in [1.807, 2.05) is 18.7 Å². The van der Waals surface area contributed by atoms with Crippen molar-refractivity contribution < 1.29 is 0 Å². The Morgan fingerprint density at radius 1 is 1.27 bits per heavy atom. The molecule has 1 aromatic carbocycles. The molecular formula is C18H26N4. The van der Waals surface area contributed by atoms with Crippen LogP contribution in [0.3, 0.4) is 0 Å². The van der Waals surface area contributed by atoms with Crippen molar-refractivity contribution in [2.24, 2.45) is 0 Å². The van der Waals surface area contributed by atoms with Crippen LogP contribution in [0.1, 0.15) is 18.4 Å². The highest BCUT2D eigenvalue weighted by atomic mass is 15.2. The van der Waals surface area contributed by atoms with Crippen LogP contribution in [0.5, 0.6) is 0 Å². The fourth-order valence-electron chi connectivity index (χ4n) is 3.26. The Morgan fingerprint density at radius 3 is 2.91 bits per heavy atom. The molecule has 1 aliphatic heterocycles. The van der Waals surface area contributed by atoms with Gasteiger partial charge in [0.2, 0.25) is 0 Å². The second kappa shape index (κ2) is 7.56. The van der Waals surface area contributed by atoms with Crippen LogP contribution in [0.25, 0.3) is 0 Å². The third-order valence-electron chi connectivity index (χ3n) is 4.61. The van der Waals surface area contributed by atoms with Crippen molar-refractivity contribution in [1.82, 2.24) is 19.4 Å². The number of aryl methyl sites for hydroxylation is 1. The minimum atomic E-state index is 0.700. The zero-order valence-electron chi connectivity index (χ0n) is 13.4. The Morgan fingerprint density at radius 2 is 2.14 bits per heavy atom. The van der Waals surface area contributed by atoms with Gasteiger partial charge in [-0.15, -0.1) is 0 Å². The molecule has 1 aromatic heterocycles. The molecule has 118 valence electrons. The zero-order chi connectivity index (χ0) is 15.2. The molecule has 2 aromatic rings. The van der Waals surface area contributed by atoms with Crippen molar-refractivity contribution in [1.29, 1.82) is 0 Å². The number of aromatic nitrogens is 2. The Labute approximate surface area is 133 Å². The van der Waals surface area contributed by atoms with Crippen molar-refractivity contribution in [2.45, 2.75) is 32.0 Å². The van der Waals surface area contributed by atoms with E-state index in [4.69, 9.17) is 0 Å². The number of rotatable bonds is 7. The number of imidazole rings is 1. The fraction of sp³-hybridized carbons (Fsp3) is 0.500. The lowest BCUT2D eigenvalue weighted by Gasteiger charge is -2.24. The number of likely N-dealkylation sites (N-methyl/N-ethyl adjacent to an activating group) is 1. The van der Waals surface area contributed by atoms with Gasteiger partial charge in [-0.25, -0.2) is 4.98 Å². The lowest BCUT2D eigenvalue weighted by atomic mass is 10.2. The number of nitrogens with zero attached hydrogens (tertiary/aromatic N) is 4. The summed E-state index contributed by atoms with van der Waals surface area (Å²) in [6.07, 6.45) is 8.26. The predicted molar refractivity (Wildman–Crippen MR) is 89.6 cm³/mol. The summed E-state index contributed by atoms with van der Waals surface area (Å²) in [6, 6.07) is 11.5. The van der Waals surface area contributed by atoms with Crippen molar-refractivity contribution in [3.8, 4) is 0 Å². The summed E-state index contributed by atoms with van der Waals surface area (Å²) < 4.78 is 2.16. The normalized spacial score (nSPS) is 19.1. The molecule has 1 aliphatic rings. The second-order valence-corrected chi connectivity index (χ2v) is 6.30. The molecule has 1 unspecified atom stereocenters. The van der Waals surface area contributed by atoms with Gasteiger partial charge in [-0.1, -0.05) is 30.3 Å². The Kier molecular flexibility index (Phi) is 5.24. The lowest BCUT2D eigenvalue weighted by Crippen LogP contribution is -2.35. The highest BCUT2D eigenvalue weighted by molar-refractivity contribution is 5.14. The highest BCUT2D eigenvalue weighted by Gasteiger charge is 2.25. The molecule has 0 bridgehead atoms. The smallest absolute Gasteiger partial charge is 0.0945 e. The molecule has 22 heavy (non-hydrogen) atoms. The van der Waals surface area contributed by atoms with Crippen LogP contribution in [0.15, 0.2) is 49.1 Å². The van der Waals surface area contributed by atoms with Gasteiger partial charge >= 0.3 is 0 Å². The third kappa shape index (κ3) is 4.18. The monoisotopic (exact) mass is 298 g/mol. The topological polar surface area (TPSA) is 24.3 Å². The standard InChI is InChI=1S/C18H26N4/c1-20(10-5-11-21-13-9-19-16-21)18-8-12-22(15-18)14-17-6-3-2-4-7-17/h2-4,6-7,9,13,16,18H,5,8,10-12,14-15H2,1H3. The molecule has 0 aliphatic carbocycles. The van der Waals surface area contributed by atoms with Crippen LogP contribution in [-0.2, 0) is 13.1 Å². The van der Waals surface area contributed by atoms with Crippen LogP contribution in [0.4, 0.5) is 0 Å². The number of likely N-dealkylation sites (tertiary alicyclic amines) is 1. The second-order valence-electron chi connectivity index (χ2n) is 6.30. The van der Waals surface area contributed by atoms with E-state index in [2.05, 4.69) is 56.7 Å². The fourth-order valence-corrected chi connectivity index (χ4v) is 3.26. The van der Waals surface area contributed by atoms with E-state index in [1.165, 1.54) is 31.5 Å². The van der Waals surface area contributed by atoms with Gasteiger partial charge in [0, 0.05) is 44.6 Å². The highest BCUT2D eigenvalue weighted by Crippen LogP contribution is 2.17. The first kappa shape index (κ1) is 15.3.